The zero-order valence-corrected chi connectivity index (χ0v) is 15.2. The zero-order chi connectivity index (χ0) is 16.8. The molecule has 0 aromatic carbocycles. The number of allylic oxidation sites excluding steroid dienone is 2. The Balaban J connectivity index is 1.83. The van der Waals surface area contributed by atoms with Crippen LogP contribution in [0.4, 0.5) is 0 Å². The Labute approximate surface area is 150 Å². The van der Waals surface area contributed by atoms with E-state index in [1.165, 1.54) is 4.68 Å². The Morgan fingerprint density at radius 1 is 1.50 bits per heavy atom. The van der Waals surface area contributed by atoms with Gasteiger partial charge in [-0.2, -0.15) is 5.10 Å². The Hall–Kier alpha value is -1.84. The molecule has 124 valence electrons. The molecule has 0 saturated carbocycles. The summed E-state index contributed by atoms with van der Waals surface area (Å²) in [4.78, 5) is 21.4. The van der Waals surface area contributed by atoms with Gasteiger partial charge in [0.25, 0.3) is 5.56 Å². The molecule has 0 bridgehead atoms. The van der Waals surface area contributed by atoms with Crippen LogP contribution in [0.15, 0.2) is 32.1 Å². The zero-order valence-electron chi connectivity index (χ0n) is 12.9. The minimum absolute atomic E-state index is 0.151. The molecular weight excluding hydrogens is 368 g/mol. The Kier molecular flexibility index (Phi) is 3.86. The highest BCUT2D eigenvalue weighted by atomic mass is 35.5. The molecule has 0 saturated heterocycles. The molecule has 3 aromatic heterocycles. The minimum atomic E-state index is -0.515. The van der Waals surface area contributed by atoms with E-state index in [1.54, 1.807) is 41.6 Å². The maximum absolute atomic E-state index is 12.9. The smallest absolute Gasteiger partial charge is 0.291 e. The monoisotopic (exact) mass is 380 g/mol. The van der Waals surface area contributed by atoms with Gasteiger partial charge in [-0.15, -0.1) is 11.3 Å². The summed E-state index contributed by atoms with van der Waals surface area (Å²) in [5.74, 6) is 0. The van der Waals surface area contributed by atoms with Crippen LogP contribution in [-0.4, -0.2) is 37.4 Å². The first-order valence-electron chi connectivity index (χ1n) is 7.10. The van der Waals surface area contributed by atoms with Gasteiger partial charge in [0.2, 0.25) is 0 Å². The molecule has 0 fully saturated rings. The molecule has 4 rings (SSSR count). The quantitative estimate of drug-likeness (QED) is 0.428. The fourth-order valence-electron chi connectivity index (χ4n) is 2.68. The van der Waals surface area contributed by atoms with Crippen molar-refractivity contribution in [1.82, 2.24) is 24.6 Å². The number of halogens is 1. The van der Waals surface area contributed by atoms with Gasteiger partial charge in [-0.1, -0.05) is 23.4 Å². The molecule has 0 amide bonds. The van der Waals surface area contributed by atoms with E-state index in [4.69, 9.17) is 11.6 Å². The van der Waals surface area contributed by atoms with E-state index in [0.29, 0.717) is 12.1 Å². The van der Waals surface area contributed by atoms with Crippen LogP contribution in [-0.2, 0) is 13.6 Å². The molecule has 1 atom stereocenters. The second-order valence-corrected chi connectivity index (χ2v) is 7.70. The van der Waals surface area contributed by atoms with Crippen molar-refractivity contribution in [3.63, 3.8) is 0 Å². The van der Waals surface area contributed by atoms with Gasteiger partial charge in [0.1, 0.15) is 5.52 Å². The Morgan fingerprint density at radius 3 is 3.08 bits per heavy atom. The van der Waals surface area contributed by atoms with Gasteiger partial charge in [-0.05, 0) is 12.3 Å². The third-order valence-corrected chi connectivity index (χ3v) is 6.08. The summed E-state index contributed by atoms with van der Waals surface area (Å²) in [7, 11) is 1.86. The van der Waals surface area contributed by atoms with Crippen molar-refractivity contribution in [1.29, 1.82) is 0 Å². The number of hydrogen-bond donors (Lipinski definition) is 1. The lowest BCUT2D eigenvalue weighted by Gasteiger charge is -2.16. The van der Waals surface area contributed by atoms with E-state index in [9.17, 15) is 4.79 Å². The fraction of sp³-hybridized carbons (Fsp3) is 0.286. The van der Waals surface area contributed by atoms with Crippen molar-refractivity contribution in [2.45, 2.75) is 16.5 Å². The van der Waals surface area contributed by atoms with Gasteiger partial charge in [0.05, 0.1) is 17.4 Å². The largest absolute Gasteiger partial charge is 0.353 e. The van der Waals surface area contributed by atoms with Gasteiger partial charge in [-0.3, -0.25) is 9.79 Å². The number of aryl methyl sites for hydroxylation is 1. The number of fused-ring (bicyclic) bond motifs is 3. The van der Waals surface area contributed by atoms with E-state index in [1.807, 2.05) is 17.9 Å². The van der Waals surface area contributed by atoms with E-state index in [0.717, 1.165) is 25.8 Å². The third kappa shape index (κ3) is 2.43. The molecule has 3 aromatic rings. The maximum Gasteiger partial charge on any atom is 0.291 e. The molecular formula is C14H13ClN6OS2. The summed E-state index contributed by atoms with van der Waals surface area (Å²) < 4.78 is 5.24. The van der Waals surface area contributed by atoms with Crippen molar-refractivity contribution < 1.29 is 0 Å². The predicted molar refractivity (Wildman–Crippen MR) is 99.3 cm³/mol. The third-order valence-electron chi connectivity index (χ3n) is 3.80. The lowest BCUT2D eigenvalue weighted by Crippen LogP contribution is -2.32. The van der Waals surface area contributed by atoms with Crippen molar-refractivity contribution in [3.05, 3.63) is 28.3 Å². The summed E-state index contributed by atoms with van der Waals surface area (Å²) in [6.07, 6.45) is 7.13. The molecule has 4 heterocycles. The van der Waals surface area contributed by atoms with Crippen LogP contribution >= 0.6 is 34.7 Å². The number of thioether (sulfide) groups is 1. The van der Waals surface area contributed by atoms with Crippen LogP contribution in [0.5, 0.6) is 0 Å². The summed E-state index contributed by atoms with van der Waals surface area (Å²) >= 11 is 9.11. The van der Waals surface area contributed by atoms with Crippen LogP contribution in [0, 0.1) is 0 Å². The average Bonchev–Trinajstić information content (AvgIpc) is 3.10. The Bertz CT molecular complexity index is 1060. The molecule has 1 aliphatic rings. The maximum atomic E-state index is 12.9. The number of aromatic nitrogens is 4. The molecule has 0 aliphatic carbocycles. The number of rotatable bonds is 3. The second kappa shape index (κ2) is 5.91. The molecule has 0 radical (unpaired) electrons. The highest BCUT2D eigenvalue weighted by Gasteiger charge is 2.18. The Morgan fingerprint density at radius 2 is 2.33 bits per heavy atom. The first-order valence-corrected chi connectivity index (χ1v) is 9.58. The van der Waals surface area contributed by atoms with E-state index >= 15 is 0 Å². The van der Waals surface area contributed by atoms with Gasteiger partial charge >= 0.3 is 0 Å². The average molecular weight is 381 g/mol. The van der Waals surface area contributed by atoms with Crippen molar-refractivity contribution in [3.8, 4) is 0 Å². The number of aliphatic imine (C=N–C) groups is 1. The highest BCUT2D eigenvalue weighted by Crippen LogP contribution is 2.34. The first-order chi connectivity index (χ1) is 11.6. The lowest BCUT2D eigenvalue weighted by atomic mass is 10.3. The molecule has 7 nitrogen and oxygen atoms in total. The van der Waals surface area contributed by atoms with Gasteiger partial charge in [0.15, 0.2) is 15.6 Å². The fourth-order valence-corrected chi connectivity index (χ4v) is 4.48. The lowest BCUT2D eigenvalue weighted by molar-refractivity contribution is 0.588. The van der Waals surface area contributed by atoms with Crippen molar-refractivity contribution in [2.75, 3.05) is 6.26 Å². The standard InChI is InChI=1S/C14H13ClN6OS2/c1-20-9-8(10-11(20)19-14(23-2)24-10)5-17-21(12(9)22)6-7-3-4-16-13(15)18-7/h3-5,13,18H,6H2,1-2H3. The van der Waals surface area contributed by atoms with E-state index in [-0.39, 0.29) is 5.56 Å². The van der Waals surface area contributed by atoms with Crippen LogP contribution in [0.3, 0.4) is 0 Å². The minimum Gasteiger partial charge on any atom is -0.353 e. The van der Waals surface area contributed by atoms with Gasteiger partial charge in [-0.25, -0.2) is 9.67 Å². The molecule has 10 heteroatoms. The van der Waals surface area contributed by atoms with Crippen molar-refractivity contribution in [2.24, 2.45) is 12.0 Å². The van der Waals surface area contributed by atoms with Crippen molar-refractivity contribution >= 4 is 62.2 Å². The normalized spacial score (nSPS) is 17.5. The van der Waals surface area contributed by atoms with Gasteiger partial charge < -0.3 is 9.88 Å². The summed E-state index contributed by atoms with van der Waals surface area (Å²) in [5, 5.41) is 8.16. The van der Waals surface area contributed by atoms with Gasteiger partial charge in [0, 0.05) is 24.3 Å². The van der Waals surface area contributed by atoms with Crippen LogP contribution < -0.4 is 10.9 Å². The van der Waals surface area contributed by atoms with Crippen LogP contribution in [0.2, 0.25) is 0 Å². The first kappa shape index (κ1) is 15.7. The summed E-state index contributed by atoms with van der Waals surface area (Å²) in [5.41, 5.74) is 1.55. The molecule has 1 N–H and O–H groups in total. The van der Waals surface area contributed by atoms with Crippen LogP contribution in [0.25, 0.3) is 21.3 Å². The highest BCUT2D eigenvalue weighted by molar-refractivity contribution is 8.00. The van der Waals surface area contributed by atoms with Crippen LogP contribution in [0.1, 0.15) is 0 Å². The summed E-state index contributed by atoms with van der Waals surface area (Å²) in [6.45, 7) is 0.312. The number of hydrogen-bond acceptors (Lipinski definition) is 7. The number of nitrogens with zero attached hydrogens (tertiary/aromatic N) is 5. The predicted octanol–water partition coefficient (Wildman–Crippen LogP) is 2.15. The molecule has 24 heavy (non-hydrogen) atoms. The molecule has 1 aliphatic heterocycles. The summed E-state index contributed by atoms with van der Waals surface area (Å²) in [6, 6.07) is 0. The second-order valence-electron chi connectivity index (χ2n) is 5.24. The van der Waals surface area contributed by atoms with E-state index < -0.39 is 5.62 Å². The molecule has 1 unspecified atom stereocenters. The topological polar surface area (TPSA) is 77.1 Å². The number of alkyl halides is 1. The number of nitrogens with one attached hydrogen (secondary N) is 1. The van der Waals surface area contributed by atoms with E-state index in [2.05, 4.69) is 20.4 Å². The number of thiazole rings is 1. The SMILES string of the molecule is CSc1nc2c(s1)c1cnn(CC3=CC=NC(Cl)N3)c(=O)c1n2C. The molecule has 0 spiro atoms.